The standard InChI is InChI=1S/C37H38N8O12/c1-3-52-36-38-32-14-7-13-31(35(46)53-19-8-20-54-44(48)49)33(32)42(36)22-25-15-17-27(18-16-25)29-11-4-5-12-30(29)34-39-41-43(40-34)24(2)56-37(47)57-28-10-6-9-26(21-28)23-55-45(50)51/h4-7,9-18,21,24,48-51H,3,8,19-20,22-23H2,1-2H3. The van der Waals surface area contributed by atoms with E-state index in [0.29, 0.717) is 41.3 Å². The Morgan fingerprint density at radius 2 is 1.60 bits per heavy atom. The van der Waals surface area contributed by atoms with Crippen LogP contribution in [0, 0.1) is 0 Å². The fourth-order valence-electron chi connectivity index (χ4n) is 5.69. The van der Waals surface area contributed by atoms with Crippen molar-refractivity contribution in [2.75, 3.05) is 19.8 Å². The molecule has 0 saturated heterocycles. The molecule has 298 valence electrons. The minimum atomic E-state index is -1.03. The number of carbonyl (C=O) groups is 2. The first-order valence-electron chi connectivity index (χ1n) is 17.5. The summed E-state index contributed by atoms with van der Waals surface area (Å²) in [5, 5.41) is 46.8. The summed E-state index contributed by atoms with van der Waals surface area (Å²) in [6, 6.07) is 27.0. The Hall–Kier alpha value is -6.36. The molecule has 2 aromatic heterocycles. The normalized spacial score (nSPS) is 11.9. The van der Waals surface area contributed by atoms with Gasteiger partial charge in [0.25, 0.3) is 6.01 Å². The summed E-state index contributed by atoms with van der Waals surface area (Å²) in [4.78, 5) is 40.6. The highest BCUT2D eigenvalue weighted by atomic mass is 17.1. The van der Waals surface area contributed by atoms with E-state index in [1.165, 1.54) is 12.1 Å². The minimum Gasteiger partial charge on any atom is -0.465 e. The average Bonchev–Trinajstić information content (AvgIpc) is 3.83. The van der Waals surface area contributed by atoms with Crippen LogP contribution in [-0.2, 0) is 32.3 Å². The second-order valence-corrected chi connectivity index (χ2v) is 12.1. The molecule has 2 heterocycles. The van der Waals surface area contributed by atoms with Crippen molar-refractivity contribution in [3.05, 3.63) is 108 Å². The summed E-state index contributed by atoms with van der Waals surface area (Å²) in [6.07, 6.45) is -1.79. The van der Waals surface area contributed by atoms with Crippen molar-refractivity contribution in [3.8, 4) is 34.3 Å². The molecule has 0 spiro atoms. The number of esters is 1. The first-order chi connectivity index (χ1) is 27.6. The average molecular weight is 787 g/mol. The SMILES string of the molecule is CCOc1nc2cccc(C(=O)OCCCON(O)O)c2n1Cc1ccc(-c2ccccc2-c2nnn(C(C)OC(=O)Oc3cccc(CON(O)O)c3)n2)cc1. The quantitative estimate of drug-likeness (QED) is 0.0358. The van der Waals surface area contributed by atoms with Crippen LogP contribution in [0.2, 0.25) is 0 Å². The third-order valence-corrected chi connectivity index (χ3v) is 8.19. The summed E-state index contributed by atoms with van der Waals surface area (Å²) in [6.45, 7) is 3.78. The van der Waals surface area contributed by atoms with Crippen LogP contribution < -0.4 is 9.47 Å². The molecule has 4 aromatic carbocycles. The third kappa shape index (κ3) is 10.5. The number of benzene rings is 4. The Bertz CT molecular complexity index is 2280. The minimum absolute atomic E-state index is 0.0152. The van der Waals surface area contributed by atoms with Gasteiger partial charge in [0.15, 0.2) is 0 Å². The summed E-state index contributed by atoms with van der Waals surface area (Å²) in [7, 11) is 0. The van der Waals surface area contributed by atoms with E-state index in [2.05, 4.69) is 30.1 Å². The Morgan fingerprint density at radius 1 is 0.842 bits per heavy atom. The molecule has 6 aromatic rings. The molecule has 0 amide bonds. The van der Waals surface area contributed by atoms with Gasteiger partial charge < -0.3 is 18.9 Å². The molecule has 0 aliphatic carbocycles. The van der Waals surface area contributed by atoms with Crippen LogP contribution in [0.25, 0.3) is 33.5 Å². The summed E-state index contributed by atoms with van der Waals surface area (Å²) in [5.41, 5.74) is 5.10. The van der Waals surface area contributed by atoms with Gasteiger partial charge in [0.1, 0.15) is 5.75 Å². The first kappa shape index (κ1) is 40.3. The lowest BCUT2D eigenvalue weighted by molar-refractivity contribution is -0.497. The smallest absolute Gasteiger partial charge is 0.465 e. The van der Waals surface area contributed by atoms with E-state index in [0.717, 1.165) is 21.5 Å². The monoisotopic (exact) mass is 786 g/mol. The predicted molar refractivity (Wildman–Crippen MR) is 193 cm³/mol. The van der Waals surface area contributed by atoms with Gasteiger partial charge in [0, 0.05) is 12.0 Å². The second kappa shape index (κ2) is 19.0. The Morgan fingerprint density at radius 3 is 2.35 bits per heavy atom. The molecule has 1 unspecified atom stereocenters. The van der Waals surface area contributed by atoms with Gasteiger partial charge in [-0.1, -0.05) is 66.7 Å². The van der Waals surface area contributed by atoms with Crippen LogP contribution in [0.1, 0.15) is 48.0 Å². The third-order valence-electron chi connectivity index (χ3n) is 8.19. The molecule has 0 aliphatic rings. The number of carbonyl (C=O) groups excluding carboxylic acids is 2. The van der Waals surface area contributed by atoms with Gasteiger partial charge in [-0.3, -0.25) is 30.2 Å². The molecule has 0 bridgehead atoms. The van der Waals surface area contributed by atoms with Crippen LogP contribution in [0.15, 0.2) is 91.0 Å². The van der Waals surface area contributed by atoms with Crippen LogP contribution >= 0.6 is 0 Å². The molecule has 20 nitrogen and oxygen atoms in total. The van der Waals surface area contributed by atoms with Gasteiger partial charge in [0.05, 0.1) is 60.3 Å². The van der Waals surface area contributed by atoms with Crippen molar-refractivity contribution < 1.29 is 59.0 Å². The molecule has 0 aliphatic heterocycles. The summed E-state index contributed by atoms with van der Waals surface area (Å²) in [5.74, 6) is -0.155. The number of nitrogens with zero attached hydrogens (tertiary/aromatic N) is 8. The topological polar surface area (TPSA) is 238 Å². The van der Waals surface area contributed by atoms with Gasteiger partial charge in [-0.15, -0.1) is 15.0 Å². The number of hydrogen-bond acceptors (Lipinski definition) is 18. The van der Waals surface area contributed by atoms with Crippen molar-refractivity contribution in [2.45, 2.75) is 39.6 Å². The van der Waals surface area contributed by atoms with Gasteiger partial charge in [-0.05, 0) is 65.6 Å². The van der Waals surface area contributed by atoms with E-state index >= 15 is 0 Å². The fraction of sp³-hybridized carbons (Fsp3) is 0.243. The maximum absolute atomic E-state index is 13.2. The molecule has 6 rings (SSSR count). The molecule has 0 radical (unpaired) electrons. The highest BCUT2D eigenvalue weighted by Gasteiger charge is 2.22. The van der Waals surface area contributed by atoms with Crippen molar-refractivity contribution in [2.24, 2.45) is 0 Å². The van der Waals surface area contributed by atoms with Crippen molar-refractivity contribution in [3.63, 3.8) is 0 Å². The number of ether oxygens (including phenoxy) is 4. The lowest BCUT2D eigenvalue weighted by Crippen LogP contribution is -2.19. The number of hydrogen-bond donors (Lipinski definition) is 4. The van der Waals surface area contributed by atoms with Crippen LogP contribution in [-0.4, -0.2) is 93.3 Å². The number of para-hydroxylation sites is 1. The number of tetrazole rings is 1. The van der Waals surface area contributed by atoms with E-state index in [1.807, 2.05) is 60.0 Å². The largest absolute Gasteiger partial charge is 0.515 e. The van der Waals surface area contributed by atoms with E-state index in [1.54, 1.807) is 37.3 Å². The van der Waals surface area contributed by atoms with E-state index in [4.69, 9.17) is 39.8 Å². The number of fused-ring (bicyclic) bond motifs is 1. The number of rotatable bonds is 18. The highest BCUT2D eigenvalue weighted by Crippen LogP contribution is 2.32. The van der Waals surface area contributed by atoms with Gasteiger partial charge >= 0.3 is 12.1 Å². The molecule has 0 fully saturated rings. The highest BCUT2D eigenvalue weighted by molar-refractivity contribution is 6.02. The number of imidazole rings is 1. The molecule has 0 saturated carbocycles. The van der Waals surface area contributed by atoms with E-state index in [-0.39, 0.29) is 43.4 Å². The zero-order valence-corrected chi connectivity index (χ0v) is 30.6. The maximum Gasteiger partial charge on any atom is 0.515 e. The summed E-state index contributed by atoms with van der Waals surface area (Å²) < 4.78 is 23.7. The Balaban J connectivity index is 1.15. The van der Waals surface area contributed by atoms with Crippen molar-refractivity contribution in [1.29, 1.82) is 0 Å². The zero-order valence-electron chi connectivity index (χ0n) is 30.6. The zero-order chi connectivity index (χ0) is 40.3. The molecule has 57 heavy (non-hydrogen) atoms. The van der Waals surface area contributed by atoms with E-state index < -0.39 is 29.1 Å². The predicted octanol–water partition coefficient (Wildman–Crippen LogP) is 5.61. The van der Waals surface area contributed by atoms with Crippen LogP contribution in [0.5, 0.6) is 11.8 Å². The molecule has 20 heteroatoms. The lowest BCUT2D eigenvalue weighted by atomic mass is 9.98. The van der Waals surface area contributed by atoms with Crippen LogP contribution in [0.3, 0.4) is 0 Å². The van der Waals surface area contributed by atoms with Gasteiger partial charge in [-0.25, -0.2) is 14.4 Å². The maximum atomic E-state index is 13.2. The Kier molecular flexibility index (Phi) is 13.4. The Labute approximate surface area is 323 Å². The van der Waals surface area contributed by atoms with Gasteiger partial charge in [-0.2, -0.15) is 4.98 Å². The van der Waals surface area contributed by atoms with Crippen molar-refractivity contribution >= 4 is 23.2 Å². The number of aromatic nitrogens is 6. The first-order valence-corrected chi connectivity index (χ1v) is 17.5. The van der Waals surface area contributed by atoms with Gasteiger partial charge in [0.2, 0.25) is 12.1 Å². The second-order valence-electron chi connectivity index (χ2n) is 12.1. The molecular weight excluding hydrogens is 748 g/mol. The fourth-order valence-corrected chi connectivity index (χ4v) is 5.69. The molecule has 4 N–H and O–H groups in total. The molecular formula is C37H38N8O12. The lowest BCUT2D eigenvalue weighted by Gasteiger charge is -2.13. The van der Waals surface area contributed by atoms with Crippen molar-refractivity contribution in [1.82, 2.24) is 40.5 Å². The summed E-state index contributed by atoms with van der Waals surface area (Å²) >= 11 is 0. The van der Waals surface area contributed by atoms with Crippen LogP contribution in [0.4, 0.5) is 4.79 Å². The molecule has 1 atom stereocenters. The van der Waals surface area contributed by atoms with E-state index in [9.17, 15) is 9.59 Å².